The van der Waals surface area contributed by atoms with E-state index in [9.17, 15) is 18.0 Å². The van der Waals surface area contributed by atoms with Gasteiger partial charge >= 0.3 is 12.3 Å². The highest BCUT2D eigenvalue weighted by molar-refractivity contribution is 7.98. The third-order valence-corrected chi connectivity index (χ3v) is 2.30. The third kappa shape index (κ3) is 3.65. The Morgan fingerprint density at radius 2 is 2.00 bits per heavy atom. The molecule has 0 spiro atoms. The molecule has 0 radical (unpaired) electrons. The van der Waals surface area contributed by atoms with E-state index in [1.807, 2.05) is 0 Å². The van der Waals surface area contributed by atoms with Gasteiger partial charge in [-0.25, -0.2) is 4.79 Å². The Hall–Kier alpha value is -1.37. The van der Waals surface area contributed by atoms with E-state index in [1.165, 1.54) is 6.07 Å². The van der Waals surface area contributed by atoms with Gasteiger partial charge in [0.15, 0.2) is 0 Å². The zero-order chi connectivity index (χ0) is 12.3. The molecule has 0 saturated heterocycles. The lowest BCUT2D eigenvalue weighted by atomic mass is 10.2. The first-order valence-electron chi connectivity index (χ1n) is 4.00. The first-order chi connectivity index (χ1) is 7.31. The molecule has 0 aromatic heterocycles. The molecule has 0 amide bonds. The van der Waals surface area contributed by atoms with Crippen LogP contribution in [-0.4, -0.2) is 23.7 Å². The van der Waals surface area contributed by atoms with Gasteiger partial charge in [-0.15, -0.1) is 24.9 Å². The first kappa shape index (κ1) is 12.7. The lowest BCUT2D eigenvalue weighted by Gasteiger charge is -2.10. The number of ether oxygens (including phenoxy) is 1. The Morgan fingerprint density at radius 1 is 1.38 bits per heavy atom. The van der Waals surface area contributed by atoms with Crippen LogP contribution in [0.4, 0.5) is 13.2 Å². The van der Waals surface area contributed by atoms with Gasteiger partial charge in [-0.3, -0.25) is 0 Å². The second-order valence-corrected chi connectivity index (χ2v) is 3.63. The lowest BCUT2D eigenvalue weighted by Crippen LogP contribution is -2.17. The molecule has 1 aromatic rings. The molecule has 1 aromatic carbocycles. The zero-order valence-corrected chi connectivity index (χ0v) is 8.85. The summed E-state index contributed by atoms with van der Waals surface area (Å²) in [6.45, 7) is 0. The van der Waals surface area contributed by atoms with Crippen LogP contribution in [0.15, 0.2) is 23.1 Å². The number of thioether (sulfide) groups is 1. The summed E-state index contributed by atoms with van der Waals surface area (Å²) >= 11 is 1.13. The standard InChI is InChI=1S/C9H7F3O3S/c1-16-7-3-5(8(13)14)2-6(4-7)15-9(10,11)12/h2-4H,1H3,(H,13,14). The van der Waals surface area contributed by atoms with Crippen molar-refractivity contribution in [2.75, 3.05) is 6.26 Å². The molecule has 1 N–H and O–H groups in total. The van der Waals surface area contributed by atoms with Gasteiger partial charge in [-0.1, -0.05) is 0 Å². The summed E-state index contributed by atoms with van der Waals surface area (Å²) in [5.74, 6) is -1.83. The summed E-state index contributed by atoms with van der Waals surface area (Å²) in [5.41, 5.74) is -0.244. The largest absolute Gasteiger partial charge is 0.573 e. The van der Waals surface area contributed by atoms with Crippen LogP contribution in [0.25, 0.3) is 0 Å². The van der Waals surface area contributed by atoms with E-state index in [2.05, 4.69) is 4.74 Å². The molecule has 0 aliphatic carbocycles. The van der Waals surface area contributed by atoms with Crippen molar-refractivity contribution in [1.29, 1.82) is 0 Å². The number of alkyl halides is 3. The highest BCUT2D eigenvalue weighted by Gasteiger charge is 2.31. The van der Waals surface area contributed by atoms with E-state index in [1.54, 1.807) is 6.26 Å². The van der Waals surface area contributed by atoms with E-state index in [0.29, 0.717) is 4.90 Å². The van der Waals surface area contributed by atoms with Crippen LogP contribution in [0, 0.1) is 0 Å². The lowest BCUT2D eigenvalue weighted by molar-refractivity contribution is -0.274. The van der Waals surface area contributed by atoms with Crippen molar-refractivity contribution in [3.8, 4) is 5.75 Å². The minimum absolute atomic E-state index is 0.244. The van der Waals surface area contributed by atoms with Gasteiger partial charge in [0, 0.05) is 4.90 Å². The Labute approximate surface area is 93.2 Å². The Kier molecular flexibility index (Phi) is 3.69. The van der Waals surface area contributed by atoms with Crippen molar-refractivity contribution in [2.45, 2.75) is 11.3 Å². The van der Waals surface area contributed by atoms with Gasteiger partial charge < -0.3 is 9.84 Å². The highest BCUT2D eigenvalue weighted by atomic mass is 32.2. The van der Waals surface area contributed by atoms with Crippen molar-refractivity contribution < 1.29 is 27.8 Å². The van der Waals surface area contributed by atoms with E-state index >= 15 is 0 Å². The molecule has 0 unspecified atom stereocenters. The molecule has 0 heterocycles. The van der Waals surface area contributed by atoms with Crippen LogP contribution < -0.4 is 4.74 Å². The first-order valence-corrected chi connectivity index (χ1v) is 5.22. The van der Waals surface area contributed by atoms with Crippen molar-refractivity contribution >= 4 is 17.7 Å². The van der Waals surface area contributed by atoms with E-state index in [4.69, 9.17) is 5.11 Å². The summed E-state index contributed by atoms with van der Waals surface area (Å²) < 4.78 is 39.5. The monoisotopic (exact) mass is 252 g/mol. The van der Waals surface area contributed by atoms with E-state index < -0.39 is 18.1 Å². The van der Waals surface area contributed by atoms with Crippen molar-refractivity contribution in [3.05, 3.63) is 23.8 Å². The number of carboxylic acids is 1. The SMILES string of the molecule is CSc1cc(OC(F)(F)F)cc(C(=O)O)c1. The maximum atomic E-state index is 11.9. The number of halogens is 3. The number of hydrogen-bond donors (Lipinski definition) is 1. The minimum Gasteiger partial charge on any atom is -0.478 e. The average Bonchev–Trinajstić information content (AvgIpc) is 2.14. The van der Waals surface area contributed by atoms with E-state index in [-0.39, 0.29) is 5.56 Å². The molecule has 0 aliphatic heterocycles. The number of rotatable bonds is 3. The molecule has 0 aliphatic rings. The summed E-state index contributed by atoms with van der Waals surface area (Å²) in [7, 11) is 0. The fourth-order valence-electron chi connectivity index (χ4n) is 1.01. The van der Waals surface area contributed by atoms with Gasteiger partial charge in [-0.2, -0.15) is 0 Å². The van der Waals surface area contributed by atoms with Gasteiger partial charge in [0.25, 0.3) is 0 Å². The van der Waals surface area contributed by atoms with Crippen LogP contribution in [0.3, 0.4) is 0 Å². The van der Waals surface area contributed by atoms with Crippen LogP contribution in [0.2, 0.25) is 0 Å². The number of hydrogen-bond acceptors (Lipinski definition) is 3. The predicted molar refractivity (Wildman–Crippen MR) is 51.9 cm³/mol. The normalized spacial score (nSPS) is 11.2. The summed E-state index contributed by atoms with van der Waals surface area (Å²) in [6, 6.07) is 3.23. The average molecular weight is 252 g/mol. The molecule has 0 atom stereocenters. The minimum atomic E-state index is -4.83. The number of aromatic carboxylic acids is 1. The van der Waals surface area contributed by atoms with Crippen LogP contribution >= 0.6 is 11.8 Å². The smallest absolute Gasteiger partial charge is 0.478 e. The van der Waals surface area contributed by atoms with Crippen molar-refractivity contribution in [1.82, 2.24) is 0 Å². The molecule has 0 bridgehead atoms. The number of carboxylic acid groups (broad SMARTS) is 1. The Morgan fingerprint density at radius 3 is 2.44 bits per heavy atom. The third-order valence-electron chi connectivity index (χ3n) is 1.60. The summed E-state index contributed by atoms with van der Waals surface area (Å²) in [5, 5.41) is 8.68. The Balaban J connectivity index is 3.09. The van der Waals surface area contributed by atoms with Crippen LogP contribution in [0.1, 0.15) is 10.4 Å². The molecular weight excluding hydrogens is 245 g/mol. The molecular formula is C9H7F3O3S. The molecule has 7 heteroatoms. The second kappa shape index (κ2) is 4.65. The van der Waals surface area contributed by atoms with E-state index in [0.717, 1.165) is 23.9 Å². The Bertz CT molecular complexity index is 403. The maximum Gasteiger partial charge on any atom is 0.573 e. The van der Waals surface area contributed by atoms with Gasteiger partial charge in [0.2, 0.25) is 0 Å². The second-order valence-electron chi connectivity index (χ2n) is 2.75. The number of carbonyl (C=O) groups is 1. The van der Waals surface area contributed by atoms with Crippen molar-refractivity contribution in [3.63, 3.8) is 0 Å². The van der Waals surface area contributed by atoms with Gasteiger partial charge in [0.05, 0.1) is 5.56 Å². The molecule has 0 saturated carbocycles. The summed E-state index contributed by atoms with van der Waals surface area (Å²) in [4.78, 5) is 11.0. The van der Waals surface area contributed by atoms with Gasteiger partial charge in [0.1, 0.15) is 5.75 Å². The maximum absolute atomic E-state index is 11.9. The topological polar surface area (TPSA) is 46.5 Å². The predicted octanol–water partition coefficient (Wildman–Crippen LogP) is 3.01. The molecule has 16 heavy (non-hydrogen) atoms. The molecule has 88 valence electrons. The van der Waals surface area contributed by atoms with Crippen molar-refractivity contribution in [2.24, 2.45) is 0 Å². The fourth-order valence-corrected chi connectivity index (χ4v) is 1.48. The zero-order valence-electron chi connectivity index (χ0n) is 8.04. The molecule has 3 nitrogen and oxygen atoms in total. The van der Waals surface area contributed by atoms with Gasteiger partial charge in [-0.05, 0) is 24.5 Å². The highest BCUT2D eigenvalue weighted by Crippen LogP contribution is 2.28. The molecule has 0 fully saturated rings. The van der Waals surface area contributed by atoms with Crippen LogP contribution in [-0.2, 0) is 0 Å². The number of benzene rings is 1. The fraction of sp³-hybridized carbons (Fsp3) is 0.222. The molecule has 1 rings (SSSR count). The van der Waals surface area contributed by atoms with Crippen LogP contribution in [0.5, 0.6) is 5.75 Å². The quantitative estimate of drug-likeness (QED) is 0.840. The summed E-state index contributed by atoms with van der Waals surface area (Å²) in [6.07, 6.45) is -3.20.